The molecular weight excluding hydrogens is 276 g/mol. The molecule has 0 fully saturated rings. The number of cyclic esters (lactones) is 2. The Kier molecular flexibility index (Phi) is 3.47. The summed E-state index contributed by atoms with van der Waals surface area (Å²) in [6, 6.07) is 1.01. The maximum absolute atomic E-state index is 12.2. The molecule has 0 aromatic heterocycles. The molecule has 0 saturated carbocycles. The van der Waals surface area contributed by atoms with Gasteiger partial charge in [0.15, 0.2) is 5.78 Å². The number of ether oxygens (including phenoxy) is 1. The van der Waals surface area contributed by atoms with Gasteiger partial charge >= 0.3 is 17.9 Å². The molecule has 0 amide bonds. The van der Waals surface area contributed by atoms with Crippen LogP contribution in [0.4, 0.5) is 0 Å². The van der Waals surface area contributed by atoms with Crippen LogP contribution in [0.2, 0.25) is 0 Å². The van der Waals surface area contributed by atoms with Gasteiger partial charge in [-0.15, -0.1) is 0 Å². The molecule has 1 aliphatic rings. The summed E-state index contributed by atoms with van der Waals surface area (Å²) in [6.45, 7) is 6.62. The third kappa shape index (κ3) is 2.14. The molecule has 21 heavy (non-hydrogen) atoms. The molecule has 0 radical (unpaired) electrons. The summed E-state index contributed by atoms with van der Waals surface area (Å²) < 4.78 is 4.50. The molecule has 1 aromatic carbocycles. The minimum Gasteiger partial charge on any atom is -0.478 e. The maximum Gasteiger partial charge on any atom is 0.347 e. The zero-order valence-corrected chi connectivity index (χ0v) is 11.5. The van der Waals surface area contributed by atoms with Crippen molar-refractivity contribution in [1.82, 2.24) is 0 Å². The van der Waals surface area contributed by atoms with Gasteiger partial charge in [-0.25, -0.2) is 14.4 Å². The average Bonchev–Trinajstić information content (AvgIpc) is 2.70. The lowest BCUT2D eigenvalue weighted by Crippen LogP contribution is -2.16. The Bertz CT molecular complexity index is 726. The number of carboxylic acid groups (broad SMARTS) is 1. The van der Waals surface area contributed by atoms with Crippen molar-refractivity contribution in [3.63, 3.8) is 0 Å². The minimum absolute atomic E-state index is 0.0305. The summed E-state index contributed by atoms with van der Waals surface area (Å²) in [4.78, 5) is 47.0. The normalized spacial score (nSPS) is 12.9. The number of fused-ring (bicyclic) bond motifs is 1. The molecule has 0 aliphatic carbocycles. The fourth-order valence-electron chi connectivity index (χ4n) is 2.32. The van der Waals surface area contributed by atoms with Crippen molar-refractivity contribution in [3.8, 4) is 0 Å². The fraction of sp³-hybridized carbons (Fsp3) is 0.200. The second-order valence-corrected chi connectivity index (χ2v) is 4.65. The van der Waals surface area contributed by atoms with Crippen LogP contribution in [0, 0.1) is 0 Å². The summed E-state index contributed by atoms with van der Waals surface area (Å²) >= 11 is 0. The minimum atomic E-state index is -1.36. The molecule has 2 rings (SSSR count). The molecule has 108 valence electrons. The molecule has 1 aromatic rings. The number of hydrogen-bond acceptors (Lipinski definition) is 5. The number of ketones is 1. The Hall–Kier alpha value is -2.76. The van der Waals surface area contributed by atoms with Crippen LogP contribution in [0.25, 0.3) is 0 Å². The lowest BCUT2D eigenvalue weighted by Gasteiger charge is -2.13. The molecular formula is C15H12O6. The van der Waals surface area contributed by atoms with E-state index in [1.54, 1.807) is 6.92 Å². The molecule has 6 heteroatoms. The fourth-order valence-corrected chi connectivity index (χ4v) is 2.32. The van der Waals surface area contributed by atoms with Crippen molar-refractivity contribution in [3.05, 3.63) is 46.0 Å². The molecule has 0 saturated heterocycles. The van der Waals surface area contributed by atoms with Gasteiger partial charge in [0.2, 0.25) is 0 Å². The highest BCUT2D eigenvalue weighted by Gasteiger charge is 2.37. The van der Waals surface area contributed by atoms with E-state index in [4.69, 9.17) is 0 Å². The molecule has 0 atom stereocenters. The molecule has 0 bridgehead atoms. The van der Waals surface area contributed by atoms with Crippen LogP contribution in [0.1, 0.15) is 60.8 Å². The van der Waals surface area contributed by atoms with E-state index in [2.05, 4.69) is 11.3 Å². The SMILES string of the molecule is C=C(C)C(=O)c1c(C(=O)O)cc2c(c1CC)C(=O)OC2=O. The topological polar surface area (TPSA) is 97.7 Å². The molecule has 6 nitrogen and oxygen atoms in total. The number of Topliss-reactive ketones (excluding diaryl/α,β-unsaturated/α-hetero) is 1. The van der Waals surface area contributed by atoms with Gasteiger partial charge in [-0.2, -0.15) is 0 Å². The highest BCUT2D eigenvalue weighted by Crippen LogP contribution is 2.31. The van der Waals surface area contributed by atoms with Crippen LogP contribution in [0.5, 0.6) is 0 Å². The van der Waals surface area contributed by atoms with Gasteiger partial charge in [0, 0.05) is 5.56 Å². The summed E-state index contributed by atoms with van der Waals surface area (Å²) in [5, 5.41) is 9.28. The number of carbonyl (C=O) groups excluding carboxylic acids is 3. The van der Waals surface area contributed by atoms with E-state index in [1.165, 1.54) is 6.92 Å². The predicted molar refractivity (Wildman–Crippen MR) is 71.7 cm³/mol. The number of carboxylic acids is 1. The first-order valence-corrected chi connectivity index (χ1v) is 6.19. The van der Waals surface area contributed by atoms with E-state index in [0.29, 0.717) is 0 Å². The highest BCUT2D eigenvalue weighted by atomic mass is 16.6. The highest BCUT2D eigenvalue weighted by molar-refractivity contribution is 6.21. The number of rotatable bonds is 4. The second kappa shape index (κ2) is 4.97. The maximum atomic E-state index is 12.2. The quantitative estimate of drug-likeness (QED) is 0.394. The van der Waals surface area contributed by atoms with Crippen molar-refractivity contribution in [2.24, 2.45) is 0 Å². The Morgan fingerprint density at radius 3 is 2.38 bits per heavy atom. The third-order valence-electron chi connectivity index (χ3n) is 3.24. The first kappa shape index (κ1) is 14.6. The van der Waals surface area contributed by atoms with Crippen molar-refractivity contribution >= 4 is 23.7 Å². The summed E-state index contributed by atoms with van der Waals surface area (Å²) in [5.74, 6) is -3.69. The number of hydrogen-bond donors (Lipinski definition) is 1. The number of carbonyl (C=O) groups is 4. The van der Waals surface area contributed by atoms with E-state index in [-0.39, 0.29) is 39.8 Å². The zero-order valence-electron chi connectivity index (χ0n) is 11.5. The van der Waals surface area contributed by atoms with Gasteiger partial charge in [0.25, 0.3) is 0 Å². The second-order valence-electron chi connectivity index (χ2n) is 4.65. The van der Waals surface area contributed by atoms with Crippen LogP contribution in [0.15, 0.2) is 18.2 Å². The number of benzene rings is 1. The van der Waals surface area contributed by atoms with Gasteiger partial charge in [0.1, 0.15) is 0 Å². The van der Waals surface area contributed by atoms with Gasteiger partial charge in [-0.3, -0.25) is 4.79 Å². The van der Waals surface area contributed by atoms with E-state index in [9.17, 15) is 24.3 Å². The van der Waals surface area contributed by atoms with Crippen molar-refractivity contribution in [2.45, 2.75) is 20.3 Å². The first-order chi connectivity index (χ1) is 9.79. The van der Waals surface area contributed by atoms with Crippen LogP contribution in [-0.2, 0) is 11.2 Å². The Balaban J connectivity index is 2.92. The zero-order chi connectivity index (χ0) is 15.9. The van der Waals surface area contributed by atoms with Crippen LogP contribution < -0.4 is 0 Å². The molecule has 0 spiro atoms. The lowest BCUT2D eigenvalue weighted by molar-refractivity contribution is 0.0443. The third-order valence-corrected chi connectivity index (χ3v) is 3.24. The number of allylic oxidation sites excluding steroid dienone is 1. The monoisotopic (exact) mass is 288 g/mol. The van der Waals surface area contributed by atoms with Crippen LogP contribution >= 0.6 is 0 Å². The molecule has 0 unspecified atom stereocenters. The van der Waals surface area contributed by atoms with Crippen molar-refractivity contribution in [2.75, 3.05) is 0 Å². The molecule has 1 aliphatic heterocycles. The van der Waals surface area contributed by atoms with Gasteiger partial charge < -0.3 is 9.84 Å². The van der Waals surface area contributed by atoms with E-state index in [0.717, 1.165) is 6.07 Å². The smallest absolute Gasteiger partial charge is 0.347 e. The standard InChI is InChI=1S/C15H12O6/c1-4-7-10(12(16)6(2)3)8(13(17)18)5-9-11(7)15(20)21-14(9)19/h5H,2,4H2,1,3H3,(H,17,18). The Labute approximate surface area is 120 Å². The molecule has 1 heterocycles. The Morgan fingerprint density at radius 2 is 1.90 bits per heavy atom. The predicted octanol–water partition coefficient (Wildman–Crippen LogP) is 2.02. The van der Waals surface area contributed by atoms with E-state index in [1.807, 2.05) is 0 Å². The Morgan fingerprint density at radius 1 is 1.29 bits per heavy atom. The average molecular weight is 288 g/mol. The first-order valence-electron chi connectivity index (χ1n) is 6.19. The van der Waals surface area contributed by atoms with Crippen molar-refractivity contribution in [1.29, 1.82) is 0 Å². The van der Waals surface area contributed by atoms with Gasteiger partial charge in [-0.1, -0.05) is 13.5 Å². The summed E-state index contributed by atoms with van der Waals surface area (Å²) in [6.07, 6.45) is 0.209. The molecule has 1 N–H and O–H groups in total. The lowest BCUT2D eigenvalue weighted by atomic mass is 9.87. The van der Waals surface area contributed by atoms with Gasteiger partial charge in [-0.05, 0) is 30.5 Å². The van der Waals surface area contributed by atoms with Crippen LogP contribution in [-0.4, -0.2) is 28.8 Å². The summed E-state index contributed by atoms with van der Waals surface area (Å²) in [5.41, 5.74) is -0.239. The van der Waals surface area contributed by atoms with Gasteiger partial charge in [0.05, 0.1) is 16.7 Å². The number of esters is 2. The van der Waals surface area contributed by atoms with E-state index < -0.39 is 23.7 Å². The van der Waals surface area contributed by atoms with Crippen molar-refractivity contribution < 1.29 is 29.0 Å². The summed E-state index contributed by atoms with van der Waals surface area (Å²) in [7, 11) is 0. The van der Waals surface area contributed by atoms with Crippen LogP contribution in [0.3, 0.4) is 0 Å². The largest absolute Gasteiger partial charge is 0.478 e. The number of aromatic carboxylic acids is 1. The van der Waals surface area contributed by atoms with E-state index >= 15 is 0 Å².